The molecule has 284 valence electrons. The zero-order valence-electron chi connectivity index (χ0n) is 31.7. The molecule has 1 N–H and O–H groups in total. The van der Waals surface area contributed by atoms with E-state index in [4.69, 9.17) is 35.3 Å². The van der Waals surface area contributed by atoms with Gasteiger partial charge in [0, 0.05) is 53.1 Å². The Labute approximate surface area is 319 Å². The van der Waals surface area contributed by atoms with Crippen LogP contribution < -0.4 is 14.4 Å². The summed E-state index contributed by atoms with van der Waals surface area (Å²) in [6, 6.07) is 11.6. The topological polar surface area (TPSA) is 115 Å². The molecule has 12 heteroatoms. The number of aromatic nitrogens is 4. The Balaban J connectivity index is 1.23. The Morgan fingerprint density at radius 2 is 1.87 bits per heavy atom. The first kappa shape index (κ1) is 35.3. The number of piperazine rings is 1. The third-order valence-electron chi connectivity index (χ3n) is 11.3. The molecule has 0 spiro atoms. The number of rotatable bonds is 9. The lowest BCUT2D eigenvalue weighted by Crippen LogP contribution is -2.50. The lowest BCUT2D eigenvalue weighted by Gasteiger charge is -2.36. The van der Waals surface area contributed by atoms with Crippen molar-refractivity contribution >= 4 is 33.7 Å². The fourth-order valence-electron chi connectivity index (χ4n) is 8.33. The van der Waals surface area contributed by atoms with Gasteiger partial charge in [-0.05, 0) is 100 Å². The third kappa shape index (κ3) is 6.69. The van der Waals surface area contributed by atoms with Crippen molar-refractivity contribution < 1.29 is 28.1 Å². The number of hydrogen-bond donors (Lipinski definition) is 1. The molecular formula is C43H45FN6O5. The van der Waals surface area contributed by atoms with Crippen LogP contribution in [0.4, 0.5) is 15.0 Å². The number of anilines is 1. The number of hydrogen-bond acceptors (Lipinski definition) is 9. The third-order valence-corrected chi connectivity index (χ3v) is 11.3. The summed E-state index contributed by atoms with van der Waals surface area (Å²) in [6.45, 7) is 10.5. The van der Waals surface area contributed by atoms with Crippen LogP contribution in [-0.2, 0) is 16.1 Å². The minimum absolute atomic E-state index is 0.0193. The molecule has 0 radical (unpaired) electrons. The molecule has 4 aliphatic rings. The van der Waals surface area contributed by atoms with E-state index >= 15 is 4.39 Å². The van der Waals surface area contributed by atoms with Crippen molar-refractivity contribution in [3.05, 3.63) is 70.7 Å². The molecule has 11 nitrogen and oxygen atoms in total. The second-order valence-corrected chi connectivity index (χ2v) is 16.4. The predicted molar refractivity (Wildman–Crippen MR) is 207 cm³/mol. The molecular weight excluding hydrogens is 700 g/mol. The fourth-order valence-corrected chi connectivity index (χ4v) is 8.33. The van der Waals surface area contributed by atoms with E-state index in [2.05, 4.69) is 27.1 Å². The number of ether oxygens (including phenoxy) is 4. The molecule has 4 fully saturated rings. The van der Waals surface area contributed by atoms with Crippen LogP contribution in [0.3, 0.4) is 0 Å². The minimum Gasteiger partial charge on any atom is -0.486 e. The highest BCUT2D eigenvalue weighted by atomic mass is 19.1. The van der Waals surface area contributed by atoms with Gasteiger partial charge in [0.05, 0.1) is 37.0 Å². The van der Waals surface area contributed by atoms with Crippen molar-refractivity contribution in [3.8, 4) is 35.2 Å². The number of benzene rings is 3. The first-order chi connectivity index (χ1) is 26.5. The van der Waals surface area contributed by atoms with Gasteiger partial charge in [-0.2, -0.15) is 15.1 Å². The number of H-pyrrole nitrogens is 1. The van der Waals surface area contributed by atoms with Gasteiger partial charge in [0.1, 0.15) is 29.4 Å². The molecule has 5 heterocycles. The number of aromatic amines is 1. The van der Waals surface area contributed by atoms with Crippen molar-refractivity contribution in [2.75, 3.05) is 37.8 Å². The molecule has 1 aliphatic carbocycles. The summed E-state index contributed by atoms with van der Waals surface area (Å²) in [5.41, 5.74) is 5.38. The van der Waals surface area contributed by atoms with E-state index in [-0.39, 0.29) is 48.4 Å². The standard InChI is InChI=1S/C43H45FN6O5/c1-6-25-7-9-26(10-8-25)22-53-39-37(36-24(2)34(44)17-35-33(36)18-45-48-35)31(28-11-12-28)16-32-38(39)46-41(54-23-27-13-14-52-21-27)47-40(32)49-19-30-15-29(49)20-50(30)42(51)55-43(3,4)5/h1,7-10,16-18,27-30H,11-15,19-23H2,2-5H3,(H,45,48)/t27-,29+,30+/m1/s1. The highest BCUT2D eigenvalue weighted by molar-refractivity contribution is 6.06. The van der Waals surface area contributed by atoms with E-state index in [0.29, 0.717) is 55.3 Å². The largest absolute Gasteiger partial charge is 0.486 e. The van der Waals surface area contributed by atoms with Crippen LogP contribution in [0.2, 0.25) is 0 Å². The molecule has 55 heavy (non-hydrogen) atoms. The van der Waals surface area contributed by atoms with Crippen LogP contribution >= 0.6 is 0 Å². The van der Waals surface area contributed by atoms with E-state index in [1.54, 1.807) is 13.1 Å². The quantitative estimate of drug-likeness (QED) is 0.152. The molecule has 2 bridgehead atoms. The van der Waals surface area contributed by atoms with Crippen LogP contribution in [0.15, 0.2) is 42.6 Å². The van der Waals surface area contributed by atoms with Gasteiger partial charge < -0.3 is 28.7 Å². The number of likely N-dealkylation sites (tertiary alicyclic amines) is 1. The number of fused-ring (bicyclic) bond motifs is 4. The van der Waals surface area contributed by atoms with E-state index in [1.165, 1.54) is 6.07 Å². The number of amides is 1. The van der Waals surface area contributed by atoms with Gasteiger partial charge in [0.2, 0.25) is 0 Å². The number of terminal acetylenes is 1. The smallest absolute Gasteiger partial charge is 0.410 e. The van der Waals surface area contributed by atoms with Crippen molar-refractivity contribution in [2.45, 2.75) is 83.6 Å². The summed E-state index contributed by atoms with van der Waals surface area (Å²) < 4.78 is 40.6. The van der Waals surface area contributed by atoms with E-state index < -0.39 is 5.60 Å². The van der Waals surface area contributed by atoms with Crippen molar-refractivity contribution in [2.24, 2.45) is 5.92 Å². The average molecular weight is 745 g/mol. The van der Waals surface area contributed by atoms with Crippen LogP contribution in [0.25, 0.3) is 32.9 Å². The van der Waals surface area contributed by atoms with E-state index in [9.17, 15) is 4.79 Å². The first-order valence-electron chi connectivity index (χ1n) is 19.2. The van der Waals surface area contributed by atoms with Gasteiger partial charge in [0.15, 0.2) is 5.75 Å². The summed E-state index contributed by atoms with van der Waals surface area (Å²) in [6.07, 6.45) is 10.8. The van der Waals surface area contributed by atoms with Gasteiger partial charge in [-0.1, -0.05) is 18.1 Å². The van der Waals surface area contributed by atoms with Gasteiger partial charge in [-0.25, -0.2) is 9.18 Å². The lowest BCUT2D eigenvalue weighted by atomic mass is 9.88. The Morgan fingerprint density at radius 3 is 2.56 bits per heavy atom. The summed E-state index contributed by atoms with van der Waals surface area (Å²) in [7, 11) is 0. The Hall–Kier alpha value is -5.41. The van der Waals surface area contributed by atoms with Crippen LogP contribution in [0.5, 0.6) is 11.8 Å². The molecule has 3 saturated heterocycles. The molecule has 1 saturated carbocycles. The number of nitrogens with one attached hydrogen (secondary N) is 1. The number of carbonyl (C=O) groups excluding carboxylic acids is 1. The predicted octanol–water partition coefficient (Wildman–Crippen LogP) is 7.67. The monoisotopic (exact) mass is 744 g/mol. The molecule has 3 aromatic carbocycles. The average Bonchev–Trinajstić information content (AvgIpc) is 3.53. The second kappa shape index (κ2) is 13.7. The summed E-state index contributed by atoms with van der Waals surface area (Å²) >= 11 is 0. The van der Waals surface area contributed by atoms with Crippen LogP contribution in [0.1, 0.15) is 74.6 Å². The van der Waals surface area contributed by atoms with E-state index in [0.717, 1.165) is 70.1 Å². The zero-order valence-corrected chi connectivity index (χ0v) is 31.7. The normalized spacial score (nSPS) is 20.8. The Morgan fingerprint density at radius 1 is 1.05 bits per heavy atom. The maximum absolute atomic E-state index is 15.8. The number of halogens is 1. The SMILES string of the molecule is C#Cc1ccc(COc2c(-c3c(C)c(F)cc4[nH]ncc34)c(C3CC3)cc3c(N4C[C@@H]5C[C@H]4CN5C(=O)OC(C)(C)C)nc(OC[C@@H]4CCOC4)nc23)cc1. The Kier molecular flexibility index (Phi) is 8.80. The minimum atomic E-state index is -0.587. The van der Waals surface area contributed by atoms with Crippen molar-refractivity contribution in [1.82, 2.24) is 25.1 Å². The molecule has 1 amide bonds. The number of carbonyl (C=O) groups is 1. The van der Waals surface area contributed by atoms with Gasteiger partial charge >= 0.3 is 12.1 Å². The molecule has 0 unspecified atom stereocenters. The fraction of sp³-hybridized carbons (Fsp3) is 0.442. The Bertz CT molecular complexity index is 2340. The van der Waals surface area contributed by atoms with Crippen LogP contribution in [0, 0.1) is 31.0 Å². The van der Waals surface area contributed by atoms with Gasteiger partial charge in [-0.15, -0.1) is 6.42 Å². The molecule has 3 atom stereocenters. The molecule has 2 aromatic heterocycles. The molecule has 9 rings (SSSR count). The summed E-state index contributed by atoms with van der Waals surface area (Å²) in [5.74, 6) is 4.09. The van der Waals surface area contributed by atoms with Crippen LogP contribution in [-0.4, -0.2) is 81.8 Å². The van der Waals surface area contributed by atoms with Crippen molar-refractivity contribution in [1.29, 1.82) is 0 Å². The molecule has 3 aliphatic heterocycles. The summed E-state index contributed by atoms with van der Waals surface area (Å²) in [4.78, 5) is 27.6. The zero-order chi connectivity index (χ0) is 38.0. The van der Waals surface area contributed by atoms with E-state index in [1.807, 2.05) is 49.9 Å². The lowest BCUT2D eigenvalue weighted by molar-refractivity contribution is 0.0214. The van der Waals surface area contributed by atoms with Crippen molar-refractivity contribution in [3.63, 3.8) is 0 Å². The van der Waals surface area contributed by atoms with Gasteiger partial charge in [-0.3, -0.25) is 5.10 Å². The summed E-state index contributed by atoms with van der Waals surface area (Å²) in [5, 5.41) is 8.92. The number of nitrogens with zero attached hydrogens (tertiary/aromatic N) is 5. The first-order valence-corrected chi connectivity index (χ1v) is 19.2. The van der Waals surface area contributed by atoms with Gasteiger partial charge in [0.25, 0.3) is 0 Å². The highest BCUT2D eigenvalue weighted by Gasteiger charge is 2.48. The maximum atomic E-state index is 15.8. The molecule has 5 aromatic rings. The highest BCUT2D eigenvalue weighted by Crippen LogP contribution is 2.53. The maximum Gasteiger partial charge on any atom is 0.410 e. The second-order valence-electron chi connectivity index (χ2n) is 16.4.